The maximum Gasteiger partial charge on any atom is 0.244 e. The minimum absolute atomic E-state index is 0.168. The van der Waals surface area contributed by atoms with Gasteiger partial charge in [-0.05, 0) is 65.7 Å². The molecule has 3 aromatic carbocycles. The zero-order valence-corrected chi connectivity index (χ0v) is 19.6. The van der Waals surface area contributed by atoms with Crippen LogP contribution in [0.2, 0.25) is 5.02 Å². The molecule has 1 heterocycles. The summed E-state index contributed by atoms with van der Waals surface area (Å²) in [6.07, 6.45) is 3.36. The number of halogens is 3. The van der Waals surface area contributed by atoms with E-state index < -0.39 is 33.6 Å². The van der Waals surface area contributed by atoms with Crippen molar-refractivity contribution >= 4 is 27.5 Å². The number of amides is 1. The first-order valence-corrected chi connectivity index (χ1v) is 12.1. The highest BCUT2D eigenvalue weighted by atomic mass is 35.5. The molecule has 7 nitrogen and oxygen atoms in total. The van der Waals surface area contributed by atoms with Gasteiger partial charge in [-0.25, -0.2) is 21.9 Å². The summed E-state index contributed by atoms with van der Waals surface area (Å²) in [5, 5.41) is 4.45. The number of aromatic nitrogens is 2. The van der Waals surface area contributed by atoms with Crippen molar-refractivity contribution in [3.05, 3.63) is 113 Å². The van der Waals surface area contributed by atoms with Gasteiger partial charge in [0.25, 0.3) is 0 Å². The number of rotatable bonds is 8. The fourth-order valence-corrected chi connectivity index (χ4v) is 5.32. The van der Waals surface area contributed by atoms with Gasteiger partial charge in [0.15, 0.2) is 0 Å². The Bertz CT molecular complexity index is 1430. The summed E-state index contributed by atoms with van der Waals surface area (Å²) in [6.45, 7) is -0.309. The second kappa shape index (κ2) is 9.95. The Labute approximate surface area is 205 Å². The first-order chi connectivity index (χ1) is 16.6. The summed E-state index contributed by atoms with van der Waals surface area (Å²) in [6, 6.07) is 14.5. The number of sulfonamides is 1. The van der Waals surface area contributed by atoms with Gasteiger partial charge in [-0.1, -0.05) is 23.7 Å². The lowest BCUT2D eigenvalue weighted by Crippen LogP contribution is -2.41. The maximum absolute atomic E-state index is 14.0. The van der Waals surface area contributed by atoms with E-state index in [2.05, 4.69) is 5.10 Å². The van der Waals surface area contributed by atoms with Crippen molar-refractivity contribution in [1.29, 1.82) is 0 Å². The topological polar surface area (TPSA) is 98.3 Å². The number of nitrogens with zero attached hydrogens (tertiary/aromatic N) is 3. The van der Waals surface area contributed by atoms with Gasteiger partial charge in [-0.3, -0.25) is 4.79 Å². The first kappa shape index (κ1) is 24.5. The number of carbonyl (C=O) groups excluding carboxylic acids is 1. The van der Waals surface area contributed by atoms with Crippen molar-refractivity contribution in [3.8, 4) is 5.69 Å². The van der Waals surface area contributed by atoms with Crippen molar-refractivity contribution < 1.29 is 22.0 Å². The summed E-state index contributed by atoms with van der Waals surface area (Å²) < 4.78 is 57.8. The van der Waals surface area contributed by atoms with Gasteiger partial charge >= 0.3 is 0 Å². The molecule has 180 valence electrons. The number of hydrogen-bond acceptors (Lipinski definition) is 4. The second-order valence-electron chi connectivity index (χ2n) is 7.63. The van der Waals surface area contributed by atoms with Crippen LogP contribution in [-0.2, 0) is 21.4 Å². The Kier molecular flexibility index (Phi) is 6.97. The Balaban J connectivity index is 1.80. The van der Waals surface area contributed by atoms with E-state index in [9.17, 15) is 22.0 Å². The summed E-state index contributed by atoms with van der Waals surface area (Å²) in [7, 11) is -4.38. The Morgan fingerprint density at radius 1 is 1.03 bits per heavy atom. The molecule has 0 fully saturated rings. The van der Waals surface area contributed by atoms with E-state index in [-0.39, 0.29) is 17.0 Å². The van der Waals surface area contributed by atoms with Gasteiger partial charge in [0.1, 0.15) is 17.7 Å². The SMILES string of the molecule is NC(=O)C(c1cc(F)cc(F)c1)N(Cc1ccc(-n2cccn2)cc1)S(=O)(=O)c1ccc(Cl)cc1. The van der Waals surface area contributed by atoms with Crippen LogP contribution in [-0.4, -0.2) is 28.4 Å². The quantitative estimate of drug-likeness (QED) is 0.379. The molecule has 11 heteroatoms. The summed E-state index contributed by atoms with van der Waals surface area (Å²) in [5.74, 6) is -3.04. The summed E-state index contributed by atoms with van der Waals surface area (Å²) in [5.41, 5.74) is 6.58. The van der Waals surface area contributed by atoms with Gasteiger partial charge < -0.3 is 5.73 Å². The second-order valence-corrected chi connectivity index (χ2v) is 9.96. The van der Waals surface area contributed by atoms with Gasteiger partial charge in [0, 0.05) is 30.0 Å². The average Bonchev–Trinajstić information content (AvgIpc) is 3.33. The fourth-order valence-electron chi connectivity index (χ4n) is 3.62. The zero-order chi connectivity index (χ0) is 25.2. The highest BCUT2D eigenvalue weighted by molar-refractivity contribution is 7.89. The molecule has 1 amide bonds. The molecule has 0 spiro atoms. The van der Waals surface area contributed by atoms with Gasteiger partial charge in [0.05, 0.1) is 10.6 Å². The van der Waals surface area contributed by atoms with Crippen molar-refractivity contribution in [3.63, 3.8) is 0 Å². The van der Waals surface area contributed by atoms with Gasteiger partial charge in [0.2, 0.25) is 15.9 Å². The minimum Gasteiger partial charge on any atom is -0.368 e. The van der Waals surface area contributed by atoms with E-state index in [1.54, 1.807) is 47.4 Å². The van der Waals surface area contributed by atoms with Gasteiger partial charge in [-0.2, -0.15) is 9.40 Å². The Morgan fingerprint density at radius 3 is 2.20 bits per heavy atom. The molecule has 4 rings (SSSR count). The Morgan fingerprint density at radius 2 is 1.66 bits per heavy atom. The van der Waals surface area contributed by atoms with Crippen LogP contribution in [0.5, 0.6) is 0 Å². The first-order valence-electron chi connectivity index (χ1n) is 10.3. The molecule has 0 aliphatic rings. The van der Waals surface area contributed by atoms with Crippen molar-refractivity contribution in [1.82, 2.24) is 14.1 Å². The van der Waals surface area contributed by atoms with Crippen LogP contribution in [0.3, 0.4) is 0 Å². The van der Waals surface area contributed by atoms with Crippen LogP contribution < -0.4 is 5.73 Å². The molecule has 4 aromatic rings. The van der Waals surface area contributed by atoms with Crippen LogP contribution in [0.15, 0.2) is 90.1 Å². The number of hydrogen-bond donors (Lipinski definition) is 1. The molecular formula is C24H19ClF2N4O3S. The van der Waals surface area contributed by atoms with E-state index in [4.69, 9.17) is 17.3 Å². The standard InChI is InChI=1S/C24H19ClF2N4O3S/c25-18-4-8-22(9-5-18)35(33,34)31(23(24(28)32)17-12-19(26)14-20(27)13-17)15-16-2-6-21(7-3-16)30-11-1-10-29-30/h1-14,23H,15H2,(H2,28,32). The normalized spacial score (nSPS) is 12.6. The molecule has 0 radical (unpaired) electrons. The molecule has 1 atom stereocenters. The van der Waals surface area contributed by atoms with Crippen molar-refractivity contribution in [2.24, 2.45) is 5.73 Å². The number of benzene rings is 3. The molecular weight excluding hydrogens is 498 g/mol. The van der Waals surface area contributed by atoms with Crippen LogP contribution in [0.25, 0.3) is 5.69 Å². The van der Waals surface area contributed by atoms with E-state index >= 15 is 0 Å². The average molecular weight is 517 g/mol. The van der Waals surface area contributed by atoms with E-state index in [1.165, 1.54) is 24.3 Å². The number of primary amides is 1. The highest BCUT2D eigenvalue weighted by Gasteiger charge is 2.36. The third kappa shape index (κ3) is 5.40. The third-order valence-electron chi connectivity index (χ3n) is 5.22. The predicted octanol–water partition coefficient (Wildman–Crippen LogP) is 4.22. The summed E-state index contributed by atoms with van der Waals surface area (Å²) >= 11 is 5.90. The highest BCUT2D eigenvalue weighted by Crippen LogP contribution is 2.31. The zero-order valence-electron chi connectivity index (χ0n) is 18.1. The van der Waals surface area contributed by atoms with E-state index in [1.807, 2.05) is 0 Å². The maximum atomic E-state index is 14.0. The predicted molar refractivity (Wildman–Crippen MR) is 126 cm³/mol. The number of carbonyl (C=O) groups is 1. The molecule has 0 saturated carbocycles. The van der Waals surface area contributed by atoms with Gasteiger partial charge in [-0.15, -0.1) is 0 Å². The molecule has 1 aromatic heterocycles. The largest absolute Gasteiger partial charge is 0.368 e. The molecule has 1 unspecified atom stereocenters. The van der Waals surface area contributed by atoms with Crippen molar-refractivity contribution in [2.75, 3.05) is 0 Å². The van der Waals surface area contributed by atoms with Crippen LogP contribution in [0, 0.1) is 11.6 Å². The molecule has 0 aliphatic carbocycles. The lowest BCUT2D eigenvalue weighted by molar-refractivity contribution is -0.122. The molecule has 0 aliphatic heterocycles. The van der Waals surface area contributed by atoms with Crippen LogP contribution in [0.1, 0.15) is 17.2 Å². The van der Waals surface area contributed by atoms with E-state index in [0.29, 0.717) is 16.7 Å². The van der Waals surface area contributed by atoms with E-state index in [0.717, 1.165) is 22.1 Å². The summed E-state index contributed by atoms with van der Waals surface area (Å²) in [4.78, 5) is 12.4. The monoisotopic (exact) mass is 516 g/mol. The minimum atomic E-state index is -4.38. The molecule has 0 bridgehead atoms. The number of nitrogens with two attached hydrogens (primary N) is 1. The third-order valence-corrected chi connectivity index (χ3v) is 7.30. The van der Waals surface area contributed by atoms with Crippen LogP contribution in [0.4, 0.5) is 8.78 Å². The van der Waals surface area contributed by atoms with Crippen molar-refractivity contribution in [2.45, 2.75) is 17.5 Å². The smallest absolute Gasteiger partial charge is 0.244 e. The Hall–Kier alpha value is -3.60. The molecule has 0 saturated heterocycles. The lowest BCUT2D eigenvalue weighted by Gasteiger charge is -2.29. The molecule has 2 N–H and O–H groups in total. The molecule has 35 heavy (non-hydrogen) atoms. The fraction of sp³-hybridized carbons (Fsp3) is 0.0833. The van der Waals surface area contributed by atoms with Crippen LogP contribution >= 0.6 is 11.6 Å². The lowest BCUT2D eigenvalue weighted by atomic mass is 10.1.